The Labute approximate surface area is 198 Å². The smallest absolute Gasteiger partial charge is 0.276 e. The molecule has 1 aliphatic heterocycles. The van der Waals surface area contributed by atoms with Gasteiger partial charge in [-0.2, -0.15) is 0 Å². The minimum atomic E-state index is -0.588. The highest BCUT2D eigenvalue weighted by Gasteiger charge is 2.34. The van der Waals surface area contributed by atoms with Gasteiger partial charge in [-0.05, 0) is 53.8 Å². The summed E-state index contributed by atoms with van der Waals surface area (Å²) in [5.74, 6) is 0.210. The normalized spacial score (nSPS) is 15.1. The number of carbonyl (C=O) groups excluding carboxylic acids is 2. The third-order valence-electron chi connectivity index (χ3n) is 5.60. The third-order valence-corrected chi connectivity index (χ3v) is 5.83. The van der Waals surface area contributed by atoms with Crippen molar-refractivity contribution in [3.8, 4) is 5.75 Å². The fourth-order valence-corrected chi connectivity index (χ4v) is 3.89. The number of carbonyl (C=O) groups is 2. The molecule has 0 fully saturated rings. The topological polar surface area (TPSA) is 70.7 Å². The number of rotatable bonds is 6. The molecule has 1 heterocycles. The number of anilines is 1. The standard InChI is InChI=1S/C26H26ClN3O3/c1-16(2)18-8-10-19(11-9-18)25-28-22-13-12-20(27)14-21(22)26(32)30(25)29-24(31)15-33-23-7-5-4-6-17(23)3/h4-14,16,25,28H,15H2,1-3H3,(H,29,31). The number of fused-ring (bicyclic) bond motifs is 1. The van der Waals surface area contributed by atoms with E-state index in [1.54, 1.807) is 24.3 Å². The molecule has 7 heteroatoms. The van der Waals surface area contributed by atoms with Crippen molar-refractivity contribution in [3.63, 3.8) is 0 Å². The molecule has 0 bridgehead atoms. The summed E-state index contributed by atoms with van der Waals surface area (Å²) >= 11 is 6.12. The van der Waals surface area contributed by atoms with Gasteiger partial charge in [-0.25, -0.2) is 5.01 Å². The molecule has 0 spiro atoms. The van der Waals surface area contributed by atoms with Crippen LogP contribution in [0.4, 0.5) is 5.69 Å². The van der Waals surface area contributed by atoms with Gasteiger partial charge in [0.25, 0.3) is 11.8 Å². The second-order valence-electron chi connectivity index (χ2n) is 8.32. The van der Waals surface area contributed by atoms with Crippen molar-refractivity contribution in [1.82, 2.24) is 10.4 Å². The molecule has 0 saturated carbocycles. The highest BCUT2D eigenvalue weighted by Crippen LogP contribution is 2.34. The maximum Gasteiger partial charge on any atom is 0.276 e. The number of benzene rings is 3. The monoisotopic (exact) mass is 463 g/mol. The van der Waals surface area contributed by atoms with E-state index >= 15 is 0 Å². The predicted octanol–water partition coefficient (Wildman–Crippen LogP) is 5.45. The van der Waals surface area contributed by atoms with Gasteiger partial charge in [0.2, 0.25) is 0 Å². The number of nitrogens with zero attached hydrogens (tertiary/aromatic N) is 1. The van der Waals surface area contributed by atoms with E-state index in [4.69, 9.17) is 16.3 Å². The van der Waals surface area contributed by atoms with E-state index in [-0.39, 0.29) is 12.5 Å². The fourth-order valence-electron chi connectivity index (χ4n) is 3.72. The molecule has 0 saturated heterocycles. The first-order chi connectivity index (χ1) is 15.8. The third kappa shape index (κ3) is 4.96. The average molecular weight is 464 g/mol. The molecule has 1 atom stereocenters. The zero-order valence-corrected chi connectivity index (χ0v) is 19.5. The summed E-state index contributed by atoms with van der Waals surface area (Å²) in [4.78, 5) is 26.1. The summed E-state index contributed by atoms with van der Waals surface area (Å²) < 4.78 is 5.66. The summed E-state index contributed by atoms with van der Waals surface area (Å²) in [6.45, 7) is 5.93. The first kappa shape index (κ1) is 22.7. The molecule has 0 aromatic heterocycles. The van der Waals surface area contributed by atoms with E-state index in [1.165, 1.54) is 10.6 Å². The van der Waals surface area contributed by atoms with Crippen molar-refractivity contribution in [2.75, 3.05) is 11.9 Å². The molecule has 33 heavy (non-hydrogen) atoms. The van der Waals surface area contributed by atoms with Crippen LogP contribution in [-0.4, -0.2) is 23.4 Å². The van der Waals surface area contributed by atoms with Gasteiger partial charge in [0.1, 0.15) is 11.9 Å². The first-order valence-electron chi connectivity index (χ1n) is 10.8. The van der Waals surface area contributed by atoms with E-state index in [1.807, 2.05) is 49.4 Å². The van der Waals surface area contributed by atoms with Crippen LogP contribution in [0.15, 0.2) is 66.7 Å². The van der Waals surface area contributed by atoms with Crippen molar-refractivity contribution >= 4 is 29.1 Å². The summed E-state index contributed by atoms with van der Waals surface area (Å²) in [6.07, 6.45) is -0.588. The molecule has 4 rings (SSSR count). The van der Waals surface area contributed by atoms with Crippen molar-refractivity contribution in [3.05, 3.63) is 94.0 Å². The van der Waals surface area contributed by atoms with Gasteiger partial charge in [0.15, 0.2) is 6.61 Å². The molecule has 0 radical (unpaired) electrons. The van der Waals surface area contributed by atoms with E-state index in [9.17, 15) is 9.59 Å². The van der Waals surface area contributed by atoms with Crippen molar-refractivity contribution in [1.29, 1.82) is 0 Å². The van der Waals surface area contributed by atoms with Crippen LogP contribution >= 0.6 is 11.6 Å². The van der Waals surface area contributed by atoms with Gasteiger partial charge in [-0.3, -0.25) is 15.0 Å². The lowest BCUT2D eigenvalue weighted by Crippen LogP contribution is -2.53. The Morgan fingerprint density at radius 1 is 1.12 bits per heavy atom. The van der Waals surface area contributed by atoms with Gasteiger partial charge >= 0.3 is 0 Å². The minimum Gasteiger partial charge on any atom is -0.483 e. The van der Waals surface area contributed by atoms with Crippen LogP contribution in [-0.2, 0) is 4.79 Å². The zero-order valence-electron chi connectivity index (χ0n) is 18.8. The second-order valence-corrected chi connectivity index (χ2v) is 8.76. The first-order valence-corrected chi connectivity index (χ1v) is 11.2. The summed E-state index contributed by atoms with van der Waals surface area (Å²) in [5.41, 5.74) is 6.72. The number of nitrogens with one attached hydrogen (secondary N) is 2. The second kappa shape index (κ2) is 9.55. The summed E-state index contributed by atoms with van der Waals surface area (Å²) in [6, 6.07) is 20.5. The Hall–Kier alpha value is -3.51. The van der Waals surface area contributed by atoms with Crippen molar-refractivity contribution in [2.24, 2.45) is 0 Å². The highest BCUT2D eigenvalue weighted by atomic mass is 35.5. The number of aryl methyl sites for hydroxylation is 1. The van der Waals surface area contributed by atoms with Crippen LogP contribution in [0.3, 0.4) is 0 Å². The fraction of sp³-hybridized carbons (Fsp3) is 0.231. The van der Waals surface area contributed by atoms with Gasteiger partial charge in [-0.1, -0.05) is 67.9 Å². The van der Waals surface area contributed by atoms with Crippen LogP contribution in [0.5, 0.6) is 5.75 Å². The Morgan fingerprint density at radius 3 is 2.55 bits per heavy atom. The SMILES string of the molecule is Cc1ccccc1OCC(=O)NN1C(=O)c2cc(Cl)ccc2NC1c1ccc(C(C)C)cc1. The van der Waals surface area contributed by atoms with E-state index < -0.39 is 12.1 Å². The Bertz CT molecular complexity index is 1180. The van der Waals surface area contributed by atoms with Crippen molar-refractivity contribution in [2.45, 2.75) is 32.9 Å². The average Bonchev–Trinajstić information content (AvgIpc) is 2.80. The Kier molecular flexibility index (Phi) is 6.56. The molecule has 3 aromatic carbocycles. The molecule has 2 N–H and O–H groups in total. The molecular formula is C26H26ClN3O3. The van der Waals surface area contributed by atoms with Crippen LogP contribution in [0.25, 0.3) is 0 Å². The van der Waals surface area contributed by atoms with Gasteiger partial charge < -0.3 is 10.1 Å². The lowest BCUT2D eigenvalue weighted by atomic mass is 9.99. The molecule has 0 aliphatic carbocycles. The molecule has 6 nitrogen and oxygen atoms in total. The van der Waals surface area contributed by atoms with E-state index in [2.05, 4.69) is 24.6 Å². The number of ether oxygens (including phenoxy) is 1. The number of halogens is 1. The number of hydrogen-bond acceptors (Lipinski definition) is 4. The summed E-state index contributed by atoms with van der Waals surface area (Å²) in [7, 11) is 0. The van der Waals surface area contributed by atoms with Gasteiger partial charge in [-0.15, -0.1) is 0 Å². The molecule has 2 amide bonds. The van der Waals surface area contributed by atoms with Crippen LogP contribution in [0, 0.1) is 6.92 Å². The number of amides is 2. The lowest BCUT2D eigenvalue weighted by molar-refractivity contribution is -0.127. The number of hydrazine groups is 1. The van der Waals surface area contributed by atoms with E-state index in [0.29, 0.717) is 27.9 Å². The maximum absolute atomic E-state index is 13.4. The minimum absolute atomic E-state index is 0.226. The van der Waals surface area contributed by atoms with Crippen molar-refractivity contribution < 1.29 is 14.3 Å². The molecule has 3 aromatic rings. The maximum atomic E-state index is 13.4. The van der Waals surface area contributed by atoms with Gasteiger partial charge in [0, 0.05) is 10.7 Å². The Morgan fingerprint density at radius 2 is 1.85 bits per heavy atom. The zero-order chi connectivity index (χ0) is 23.5. The molecule has 1 aliphatic rings. The highest BCUT2D eigenvalue weighted by molar-refractivity contribution is 6.31. The number of para-hydroxylation sites is 1. The largest absolute Gasteiger partial charge is 0.483 e. The molecule has 170 valence electrons. The van der Waals surface area contributed by atoms with Gasteiger partial charge in [0.05, 0.1) is 5.56 Å². The van der Waals surface area contributed by atoms with Crippen LogP contribution in [0.2, 0.25) is 5.02 Å². The van der Waals surface area contributed by atoms with Crippen LogP contribution in [0.1, 0.15) is 53.0 Å². The molecule has 1 unspecified atom stereocenters. The molecular weight excluding hydrogens is 438 g/mol. The van der Waals surface area contributed by atoms with Crippen LogP contribution < -0.4 is 15.5 Å². The van der Waals surface area contributed by atoms with E-state index in [0.717, 1.165) is 11.1 Å². The summed E-state index contributed by atoms with van der Waals surface area (Å²) in [5, 5.41) is 5.09. The lowest BCUT2D eigenvalue weighted by Gasteiger charge is -2.38. The quantitative estimate of drug-likeness (QED) is 0.510. The Balaban J connectivity index is 1.59. The number of hydrogen-bond donors (Lipinski definition) is 2. The predicted molar refractivity (Wildman–Crippen MR) is 129 cm³/mol.